The number of hydrogen-bond donors (Lipinski definition) is 2. The van der Waals surface area contributed by atoms with E-state index in [4.69, 9.17) is 4.42 Å². The van der Waals surface area contributed by atoms with E-state index in [9.17, 15) is 18.0 Å². The molecule has 0 saturated heterocycles. The van der Waals surface area contributed by atoms with Crippen molar-refractivity contribution in [1.29, 1.82) is 0 Å². The Balaban J connectivity index is 1.62. The van der Waals surface area contributed by atoms with Gasteiger partial charge in [0.25, 0.3) is 0 Å². The molecule has 3 aromatic rings. The standard InChI is InChI=1S/C19H17F3N4O2/c1-11-6-7-13(12(2)8-11)9-16-25-26-18(28-16)24-17(27)23-15-5-3-4-14(10-15)19(20,21)22/h3-8,10H,9H2,1-2H3,(H2,23,24,26,27). The second kappa shape index (κ2) is 7.71. The van der Waals surface area contributed by atoms with Gasteiger partial charge in [-0.25, -0.2) is 4.79 Å². The highest BCUT2D eigenvalue weighted by molar-refractivity contribution is 5.98. The van der Waals surface area contributed by atoms with Crippen LogP contribution in [0.15, 0.2) is 46.9 Å². The van der Waals surface area contributed by atoms with Crippen molar-refractivity contribution in [3.05, 3.63) is 70.6 Å². The molecule has 9 heteroatoms. The first-order valence-corrected chi connectivity index (χ1v) is 8.34. The van der Waals surface area contributed by atoms with Crippen LogP contribution >= 0.6 is 0 Å². The number of anilines is 2. The molecule has 1 aromatic heterocycles. The Labute approximate surface area is 158 Å². The number of aromatic nitrogens is 2. The summed E-state index contributed by atoms with van der Waals surface area (Å²) in [5.41, 5.74) is 2.35. The zero-order valence-corrected chi connectivity index (χ0v) is 15.1. The molecule has 1 heterocycles. The van der Waals surface area contributed by atoms with Gasteiger partial charge in [0.15, 0.2) is 0 Å². The van der Waals surface area contributed by atoms with Crippen molar-refractivity contribution in [2.75, 3.05) is 10.6 Å². The normalized spacial score (nSPS) is 11.3. The molecule has 2 amide bonds. The third kappa shape index (κ3) is 4.87. The molecule has 0 fully saturated rings. The van der Waals surface area contributed by atoms with Gasteiger partial charge in [-0.1, -0.05) is 34.9 Å². The molecule has 0 radical (unpaired) electrons. The van der Waals surface area contributed by atoms with E-state index in [1.54, 1.807) is 0 Å². The summed E-state index contributed by atoms with van der Waals surface area (Å²) < 4.78 is 43.6. The molecule has 0 unspecified atom stereocenters. The van der Waals surface area contributed by atoms with Crippen LogP contribution in [0.25, 0.3) is 0 Å². The highest BCUT2D eigenvalue weighted by Gasteiger charge is 2.30. The van der Waals surface area contributed by atoms with Gasteiger partial charge in [0.1, 0.15) is 0 Å². The number of halogens is 3. The van der Waals surface area contributed by atoms with Crippen molar-refractivity contribution < 1.29 is 22.4 Å². The fourth-order valence-corrected chi connectivity index (χ4v) is 2.62. The van der Waals surface area contributed by atoms with E-state index in [0.29, 0.717) is 12.3 Å². The number of alkyl halides is 3. The highest BCUT2D eigenvalue weighted by atomic mass is 19.4. The Kier molecular flexibility index (Phi) is 5.34. The predicted molar refractivity (Wildman–Crippen MR) is 97.1 cm³/mol. The molecule has 2 aromatic carbocycles. The van der Waals surface area contributed by atoms with Crippen molar-refractivity contribution in [2.24, 2.45) is 0 Å². The Morgan fingerprint density at radius 3 is 2.57 bits per heavy atom. The number of rotatable bonds is 4. The number of amides is 2. The van der Waals surface area contributed by atoms with Gasteiger partial charge in [0.2, 0.25) is 5.89 Å². The minimum Gasteiger partial charge on any atom is -0.407 e. The molecule has 28 heavy (non-hydrogen) atoms. The Morgan fingerprint density at radius 2 is 1.86 bits per heavy atom. The zero-order chi connectivity index (χ0) is 20.3. The molecule has 0 saturated carbocycles. The lowest BCUT2D eigenvalue weighted by molar-refractivity contribution is -0.137. The summed E-state index contributed by atoms with van der Waals surface area (Å²) in [4.78, 5) is 12.0. The van der Waals surface area contributed by atoms with E-state index in [2.05, 4.69) is 20.8 Å². The lowest BCUT2D eigenvalue weighted by Gasteiger charge is -2.09. The molecular formula is C19H17F3N4O2. The van der Waals surface area contributed by atoms with E-state index < -0.39 is 17.8 Å². The lowest BCUT2D eigenvalue weighted by atomic mass is 10.0. The van der Waals surface area contributed by atoms with Crippen LogP contribution < -0.4 is 10.6 Å². The van der Waals surface area contributed by atoms with Crippen molar-refractivity contribution in [3.63, 3.8) is 0 Å². The quantitative estimate of drug-likeness (QED) is 0.661. The molecule has 0 aliphatic carbocycles. The summed E-state index contributed by atoms with van der Waals surface area (Å²) in [5.74, 6) is 0.307. The first-order valence-electron chi connectivity index (χ1n) is 8.34. The van der Waals surface area contributed by atoms with Gasteiger partial charge in [-0.05, 0) is 43.2 Å². The predicted octanol–water partition coefficient (Wildman–Crippen LogP) is 4.94. The van der Waals surface area contributed by atoms with Crippen LogP contribution in [0.5, 0.6) is 0 Å². The summed E-state index contributed by atoms with van der Waals surface area (Å²) >= 11 is 0. The van der Waals surface area contributed by atoms with Crippen LogP contribution in [-0.4, -0.2) is 16.2 Å². The minimum atomic E-state index is -4.50. The lowest BCUT2D eigenvalue weighted by Crippen LogP contribution is -2.20. The summed E-state index contributed by atoms with van der Waals surface area (Å²) in [6, 6.07) is 9.32. The Hall–Kier alpha value is -3.36. The minimum absolute atomic E-state index is 0.0117. The molecule has 0 atom stereocenters. The van der Waals surface area contributed by atoms with Crippen LogP contribution in [0.3, 0.4) is 0 Å². The van der Waals surface area contributed by atoms with E-state index in [1.165, 1.54) is 12.1 Å². The maximum atomic E-state index is 12.7. The number of nitrogens with zero attached hydrogens (tertiary/aromatic N) is 2. The molecule has 0 spiro atoms. The fourth-order valence-electron chi connectivity index (χ4n) is 2.62. The average Bonchev–Trinajstić information content (AvgIpc) is 3.03. The van der Waals surface area contributed by atoms with Crippen LogP contribution in [-0.2, 0) is 12.6 Å². The maximum Gasteiger partial charge on any atom is 0.416 e. The van der Waals surface area contributed by atoms with Crippen molar-refractivity contribution in [1.82, 2.24) is 10.2 Å². The number of nitrogens with one attached hydrogen (secondary N) is 2. The zero-order valence-electron chi connectivity index (χ0n) is 15.1. The van der Waals surface area contributed by atoms with Crippen molar-refractivity contribution in [3.8, 4) is 0 Å². The van der Waals surface area contributed by atoms with Crippen LogP contribution in [0.1, 0.15) is 28.1 Å². The van der Waals surface area contributed by atoms with Gasteiger partial charge in [-0.2, -0.15) is 13.2 Å². The molecule has 0 aliphatic heterocycles. The molecule has 3 rings (SSSR count). The van der Waals surface area contributed by atoms with Gasteiger partial charge >= 0.3 is 18.2 Å². The molecule has 0 aliphatic rings. The van der Waals surface area contributed by atoms with Gasteiger partial charge in [-0.3, -0.25) is 5.32 Å². The number of urea groups is 1. The second-order valence-electron chi connectivity index (χ2n) is 6.27. The Bertz CT molecular complexity index is 999. The van der Waals surface area contributed by atoms with Crippen LogP contribution in [0, 0.1) is 13.8 Å². The van der Waals surface area contributed by atoms with E-state index in [1.807, 2.05) is 32.0 Å². The number of aryl methyl sites for hydroxylation is 2. The van der Waals surface area contributed by atoms with Crippen LogP contribution in [0.2, 0.25) is 0 Å². The molecule has 146 valence electrons. The summed E-state index contributed by atoms with van der Waals surface area (Å²) in [6.07, 6.45) is -4.10. The SMILES string of the molecule is Cc1ccc(Cc2nnc(NC(=O)Nc3cccc(C(F)(F)F)c3)o2)c(C)c1. The van der Waals surface area contributed by atoms with Crippen molar-refractivity contribution in [2.45, 2.75) is 26.4 Å². The maximum absolute atomic E-state index is 12.7. The number of hydrogen-bond acceptors (Lipinski definition) is 4. The summed E-state index contributed by atoms with van der Waals surface area (Å²) in [7, 11) is 0. The second-order valence-corrected chi connectivity index (χ2v) is 6.27. The molecule has 2 N–H and O–H groups in total. The fraction of sp³-hybridized carbons (Fsp3) is 0.211. The topological polar surface area (TPSA) is 80.0 Å². The summed E-state index contributed by atoms with van der Waals surface area (Å²) in [5, 5.41) is 12.2. The molecule has 0 bridgehead atoms. The Morgan fingerprint density at radius 1 is 1.07 bits per heavy atom. The number of carbonyl (C=O) groups is 1. The first-order chi connectivity index (χ1) is 13.2. The van der Waals surface area contributed by atoms with Gasteiger partial charge < -0.3 is 9.73 Å². The number of carbonyl (C=O) groups excluding carboxylic acids is 1. The third-order valence-electron chi connectivity index (χ3n) is 3.97. The summed E-state index contributed by atoms with van der Waals surface area (Å²) in [6.45, 7) is 3.97. The largest absolute Gasteiger partial charge is 0.416 e. The van der Waals surface area contributed by atoms with E-state index >= 15 is 0 Å². The van der Waals surface area contributed by atoms with Gasteiger partial charge in [-0.15, -0.1) is 5.10 Å². The van der Waals surface area contributed by atoms with E-state index in [-0.39, 0.29) is 11.7 Å². The van der Waals surface area contributed by atoms with Crippen molar-refractivity contribution >= 4 is 17.7 Å². The number of benzene rings is 2. The highest BCUT2D eigenvalue weighted by Crippen LogP contribution is 2.30. The third-order valence-corrected chi connectivity index (χ3v) is 3.97. The molecule has 6 nitrogen and oxygen atoms in total. The molecular weight excluding hydrogens is 373 g/mol. The smallest absolute Gasteiger partial charge is 0.407 e. The van der Waals surface area contributed by atoms with E-state index in [0.717, 1.165) is 28.8 Å². The van der Waals surface area contributed by atoms with Crippen LogP contribution in [0.4, 0.5) is 29.7 Å². The van der Waals surface area contributed by atoms with Gasteiger partial charge in [0, 0.05) is 5.69 Å². The first kappa shape index (κ1) is 19.4. The average molecular weight is 390 g/mol. The van der Waals surface area contributed by atoms with Gasteiger partial charge in [0.05, 0.1) is 12.0 Å². The monoisotopic (exact) mass is 390 g/mol.